The van der Waals surface area contributed by atoms with Crippen molar-refractivity contribution in [3.8, 4) is 0 Å². The topological polar surface area (TPSA) is 86.7 Å². The third-order valence-corrected chi connectivity index (χ3v) is 5.77. The zero-order valence-electron chi connectivity index (χ0n) is 17.2. The normalized spacial score (nSPS) is 12.4. The summed E-state index contributed by atoms with van der Waals surface area (Å²) in [5, 5.41) is 2.80. The van der Waals surface area contributed by atoms with E-state index < -0.39 is 11.9 Å². The van der Waals surface area contributed by atoms with E-state index in [1.54, 1.807) is 60.7 Å². The number of carbonyl (C=O) groups is 4. The fourth-order valence-corrected chi connectivity index (χ4v) is 4.13. The van der Waals surface area contributed by atoms with Gasteiger partial charge in [0.2, 0.25) is 0 Å². The molecule has 0 saturated carbocycles. The molecule has 0 N–H and O–H groups in total. The quantitative estimate of drug-likeness (QED) is 0.392. The molecular weight excluding hydrogens is 408 g/mol. The minimum Gasteiger partial charge on any atom is -0.465 e. The average molecular weight is 424 g/mol. The van der Waals surface area contributed by atoms with Gasteiger partial charge < -0.3 is 9.47 Å². The summed E-state index contributed by atoms with van der Waals surface area (Å²) in [4.78, 5) is 50.4. The first-order valence-electron chi connectivity index (χ1n) is 9.83. The maximum atomic E-state index is 13.3. The zero-order valence-corrected chi connectivity index (χ0v) is 17.2. The number of hydrogen-bond donors (Lipinski definition) is 0. The number of rotatable bonds is 2. The van der Waals surface area contributed by atoms with Gasteiger partial charge in [-0.1, -0.05) is 12.1 Å². The Morgan fingerprint density at radius 1 is 0.531 bits per heavy atom. The molecule has 6 heteroatoms. The monoisotopic (exact) mass is 424 g/mol. The number of ether oxygens (including phenoxy) is 2. The largest absolute Gasteiger partial charge is 0.465 e. The summed E-state index contributed by atoms with van der Waals surface area (Å²) in [6.07, 6.45) is 0. The van der Waals surface area contributed by atoms with Crippen molar-refractivity contribution in [2.75, 3.05) is 14.2 Å². The number of methoxy groups -OCH3 is 2. The molecule has 0 aromatic heterocycles. The van der Waals surface area contributed by atoms with Crippen molar-refractivity contribution in [2.24, 2.45) is 0 Å². The highest BCUT2D eigenvalue weighted by Gasteiger charge is 2.30. The number of ketones is 2. The summed E-state index contributed by atoms with van der Waals surface area (Å²) < 4.78 is 9.53. The molecule has 0 radical (unpaired) electrons. The second-order valence-corrected chi connectivity index (χ2v) is 7.56. The van der Waals surface area contributed by atoms with Crippen LogP contribution in [-0.4, -0.2) is 37.7 Å². The summed E-state index contributed by atoms with van der Waals surface area (Å²) in [5.74, 6) is -1.48. The van der Waals surface area contributed by atoms with Crippen LogP contribution in [0, 0.1) is 0 Å². The molecular formula is C26H16O6. The number of benzene rings is 4. The Balaban J connectivity index is 1.68. The number of esters is 2. The summed E-state index contributed by atoms with van der Waals surface area (Å²) in [6.45, 7) is 0. The van der Waals surface area contributed by atoms with Crippen LogP contribution in [0.15, 0.2) is 60.7 Å². The fourth-order valence-electron chi connectivity index (χ4n) is 4.13. The van der Waals surface area contributed by atoms with Gasteiger partial charge >= 0.3 is 11.9 Å². The van der Waals surface area contributed by atoms with Crippen LogP contribution in [0.2, 0.25) is 0 Å². The Bertz CT molecular complexity index is 1400. The van der Waals surface area contributed by atoms with Crippen LogP contribution in [-0.2, 0) is 9.47 Å². The molecule has 1 aliphatic carbocycles. The zero-order chi connectivity index (χ0) is 22.6. The van der Waals surface area contributed by atoms with Gasteiger partial charge in [-0.25, -0.2) is 9.59 Å². The SMILES string of the molecule is COC(=O)c1ccc2cc3c(cc2c1)C(=O)c1cc2ccc(C(=O)OC)cc2cc1C3=O. The van der Waals surface area contributed by atoms with Gasteiger partial charge in [0.1, 0.15) is 0 Å². The van der Waals surface area contributed by atoms with Crippen LogP contribution in [0.5, 0.6) is 0 Å². The Labute approximate surface area is 182 Å². The Hall–Kier alpha value is -4.32. The van der Waals surface area contributed by atoms with Crippen molar-refractivity contribution in [3.63, 3.8) is 0 Å². The maximum absolute atomic E-state index is 13.3. The van der Waals surface area contributed by atoms with Crippen molar-refractivity contribution in [2.45, 2.75) is 0 Å². The Morgan fingerprint density at radius 2 is 0.875 bits per heavy atom. The van der Waals surface area contributed by atoms with E-state index in [-0.39, 0.29) is 11.6 Å². The van der Waals surface area contributed by atoms with Gasteiger partial charge in [0, 0.05) is 22.3 Å². The smallest absolute Gasteiger partial charge is 0.337 e. The number of fused-ring (bicyclic) bond motifs is 4. The van der Waals surface area contributed by atoms with Gasteiger partial charge in [-0.3, -0.25) is 9.59 Å². The first-order valence-corrected chi connectivity index (χ1v) is 9.83. The minimum atomic E-state index is -0.477. The number of carbonyl (C=O) groups excluding carboxylic acids is 4. The minimum absolute atomic E-state index is 0.265. The molecule has 1 aliphatic rings. The van der Waals surface area contributed by atoms with Gasteiger partial charge in [0.05, 0.1) is 25.3 Å². The average Bonchev–Trinajstić information content (AvgIpc) is 2.83. The molecule has 156 valence electrons. The molecule has 0 saturated heterocycles. The maximum Gasteiger partial charge on any atom is 0.337 e. The van der Waals surface area contributed by atoms with Crippen molar-refractivity contribution < 1.29 is 28.7 Å². The summed E-state index contributed by atoms with van der Waals surface area (Å²) >= 11 is 0. The molecule has 0 aliphatic heterocycles. The van der Waals surface area contributed by atoms with E-state index in [0.717, 1.165) is 10.8 Å². The van der Waals surface area contributed by atoms with Crippen molar-refractivity contribution in [1.82, 2.24) is 0 Å². The lowest BCUT2D eigenvalue weighted by molar-refractivity contribution is 0.0592. The molecule has 0 spiro atoms. The van der Waals surface area contributed by atoms with Crippen molar-refractivity contribution in [1.29, 1.82) is 0 Å². The van der Waals surface area contributed by atoms with Gasteiger partial charge in [0.25, 0.3) is 0 Å². The summed E-state index contributed by atoms with van der Waals surface area (Å²) in [7, 11) is 2.61. The van der Waals surface area contributed by atoms with Crippen LogP contribution in [0.1, 0.15) is 52.6 Å². The predicted octanol–water partition coefficient (Wildman–Crippen LogP) is 4.34. The lowest BCUT2D eigenvalue weighted by atomic mass is 9.81. The Morgan fingerprint density at radius 3 is 1.22 bits per heavy atom. The highest BCUT2D eigenvalue weighted by atomic mass is 16.5. The van der Waals surface area contributed by atoms with Crippen LogP contribution in [0.25, 0.3) is 21.5 Å². The molecule has 0 amide bonds. The van der Waals surface area contributed by atoms with E-state index in [2.05, 4.69) is 0 Å². The molecule has 4 aromatic carbocycles. The highest BCUT2D eigenvalue weighted by molar-refractivity contribution is 6.30. The second-order valence-electron chi connectivity index (χ2n) is 7.56. The van der Waals surface area contributed by atoms with Crippen molar-refractivity contribution >= 4 is 45.0 Å². The first kappa shape index (κ1) is 19.6. The fraction of sp³-hybridized carbons (Fsp3) is 0.0769. The molecule has 0 heterocycles. The molecule has 32 heavy (non-hydrogen) atoms. The van der Waals surface area contributed by atoms with Gasteiger partial charge in [0.15, 0.2) is 11.6 Å². The van der Waals surface area contributed by atoms with E-state index >= 15 is 0 Å². The lowest BCUT2D eigenvalue weighted by Gasteiger charge is -2.19. The lowest BCUT2D eigenvalue weighted by Crippen LogP contribution is -2.21. The summed E-state index contributed by atoms with van der Waals surface area (Å²) in [5.41, 5.74) is 1.93. The van der Waals surface area contributed by atoms with Gasteiger partial charge in [-0.05, 0) is 70.1 Å². The second kappa shape index (κ2) is 7.13. The van der Waals surface area contributed by atoms with Crippen LogP contribution < -0.4 is 0 Å². The molecule has 0 bridgehead atoms. The first-order chi connectivity index (χ1) is 15.4. The van der Waals surface area contributed by atoms with Crippen molar-refractivity contribution in [3.05, 3.63) is 94.0 Å². The highest BCUT2D eigenvalue weighted by Crippen LogP contribution is 2.33. The van der Waals surface area contributed by atoms with E-state index in [1.807, 2.05) is 0 Å². The van der Waals surface area contributed by atoms with Crippen LogP contribution in [0.3, 0.4) is 0 Å². The molecule has 0 fully saturated rings. The third-order valence-electron chi connectivity index (χ3n) is 5.77. The molecule has 4 aromatic rings. The van der Waals surface area contributed by atoms with Crippen LogP contribution in [0.4, 0.5) is 0 Å². The summed E-state index contributed by atoms with van der Waals surface area (Å²) in [6, 6.07) is 16.6. The van der Waals surface area contributed by atoms with E-state index in [9.17, 15) is 19.2 Å². The molecule has 5 rings (SSSR count). The predicted molar refractivity (Wildman–Crippen MR) is 117 cm³/mol. The molecule has 0 atom stereocenters. The van der Waals surface area contributed by atoms with Gasteiger partial charge in [-0.2, -0.15) is 0 Å². The van der Waals surface area contributed by atoms with E-state index in [4.69, 9.17) is 9.47 Å². The molecule has 0 unspecified atom stereocenters. The number of hydrogen-bond acceptors (Lipinski definition) is 6. The van der Waals surface area contributed by atoms with Crippen LogP contribution >= 0.6 is 0 Å². The standard InChI is InChI=1S/C26H16O6/c1-31-25(29)15-5-3-13-9-19-21(11-17(13)7-15)23(27)20-10-14-4-6-16(26(30)32-2)8-18(14)12-22(20)24(19)28/h3-12H,1-2H3. The molecule has 6 nitrogen and oxygen atoms in total. The third kappa shape index (κ3) is 2.88. The van der Waals surface area contributed by atoms with E-state index in [1.165, 1.54) is 14.2 Å². The van der Waals surface area contributed by atoms with Gasteiger partial charge in [-0.15, -0.1) is 0 Å². The van der Waals surface area contributed by atoms with E-state index in [0.29, 0.717) is 44.2 Å². The Kier molecular flexibility index (Phi) is 4.37.